The van der Waals surface area contributed by atoms with E-state index in [1.165, 1.54) is 6.33 Å². The summed E-state index contributed by atoms with van der Waals surface area (Å²) in [5.74, 6) is 0.844. The van der Waals surface area contributed by atoms with Gasteiger partial charge in [0.05, 0.1) is 22.1 Å². The third kappa shape index (κ3) is 3.21. The number of carbonyl (C=O) groups excluding carboxylic acids is 1. The van der Waals surface area contributed by atoms with Gasteiger partial charge in [-0.3, -0.25) is 4.79 Å². The highest BCUT2D eigenvalue weighted by Gasteiger charge is 2.33. The fourth-order valence-electron chi connectivity index (χ4n) is 4.83. The molecule has 1 aromatic carbocycles. The van der Waals surface area contributed by atoms with E-state index in [0.717, 1.165) is 55.1 Å². The van der Waals surface area contributed by atoms with Gasteiger partial charge in [-0.1, -0.05) is 29.8 Å². The Balaban J connectivity index is 1.35. The van der Waals surface area contributed by atoms with Crippen LogP contribution < -0.4 is 11.1 Å². The molecule has 32 heavy (non-hydrogen) atoms. The number of benzene rings is 1. The number of H-pyrrole nitrogens is 1. The van der Waals surface area contributed by atoms with Gasteiger partial charge in [0.1, 0.15) is 17.8 Å². The van der Waals surface area contributed by atoms with E-state index in [1.807, 2.05) is 28.9 Å². The molecule has 4 N–H and O–H groups in total. The van der Waals surface area contributed by atoms with E-state index in [0.29, 0.717) is 27.6 Å². The Morgan fingerprint density at radius 3 is 2.66 bits per heavy atom. The van der Waals surface area contributed by atoms with Crippen LogP contribution in [0.4, 0.5) is 5.82 Å². The zero-order chi connectivity index (χ0) is 21.8. The van der Waals surface area contributed by atoms with Gasteiger partial charge in [-0.05, 0) is 44.6 Å². The molecule has 3 aromatic heterocycles. The van der Waals surface area contributed by atoms with Gasteiger partial charge in [0, 0.05) is 22.9 Å². The van der Waals surface area contributed by atoms with Crippen molar-refractivity contribution >= 4 is 45.3 Å². The molecule has 0 saturated heterocycles. The standard InChI is InChI=1S/C23H24ClN7O/c24-18-15-3-1-2-4-16(15)29-20(18)19-17-21(25)26-11-27-22(17)31(30-19)14-9-7-13(8-10-14)28-23(32)12-5-6-12/h1-4,11-14,29H,5-10H2,(H,28,32)(H2,25,26,27)/t13-,14-. The lowest BCUT2D eigenvalue weighted by molar-refractivity contribution is -0.123. The Labute approximate surface area is 189 Å². The maximum atomic E-state index is 12.1. The molecule has 2 saturated carbocycles. The van der Waals surface area contributed by atoms with Crippen molar-refractivity contribution in [1.82, 2.24) is 30.0 Å². The molecule has 0 bridgehead atoms. The van der Waals surface area contributed by atoms with Crippen LogP contribution in [-0.2, 0) is 4.79 Å². The number of carbonyl (C=O) groups is 1. The molecule has 164 valence electrons. The van der Waals surface area contributed by atoms with Gasteiger partial charge in [0.2, 0.25) is 5.91 Å². The molecule has 0 atom stereocenters. The third-order valence-corrected chi connectivity index (χ3v) is 7.13. The lowest BCUT2D eigenvalue weighted by atomic mass is 9.91. The molecule has 0 spiro atoms. The number of aromatic amines is 1. The molecule has 2 fully saturated rings. The summed E-state index contributed by atoms with van der Waals surface area (Å²) in [7, 11) is 0. The summed E-state index contributed by atoms with van der Waals surface area (Å²) in [4.78, 5) is 24.3. The summed E-state index contributed by atoms with van der Waals surface area (Å²) in [6, 6.07) is 8.31. The quantitative estimate of drug-likeness (QED) is 0.431. The normalized spacial score (nSPS) is 21.3. The number of aromatic nitrogens is 5. The van der Waals surface area contributed by atoms with Crippen LogP contribution in [0.5, 0.6) is 0 Å². The molecule has 3 heterocycles. The minimum atomic E-state index is 0.179. The van der Waals surface area contributed by atoms with Crippen LogP contribution in [0.25, 0.3) is 33.3 Å². The molecule has 1 amide bonds. The number of amides is 1. The van der Waals surface area contributed by atoms with Crippen LogP contribution in [0.15, 0.2) is 30.6 Å². The molecule has 9 heteroatoms. The monoisotopic (exact) mass is 449 g/mol. The Kier molecular flexibility index (Phi) is 4.57. The zero-order valence-corrected chi connectivity index (χ0v) is 18.3. The van der Waals surface area contributed by atoms with Crippen LogP contribution in [-0.4, -0.2) is 36.7 Å². The Morgan fingerprint density at radius 2 is 1.91 bits per heavy atom. The first-order chi connectivity index (χ1) is 15.6. The molecule has 4 aromatic rings. The second-order valence-electron chi connectivity index (χ2n) is 8.90. The van der Waals surface area contributed by atoms with E-state index >= 15 is 0 Å². The minimum Gasteiger partial charge on any atom is -0.383 e. The van der Waals surface area contributed by atoms with E-state index in [2.05, 4.69) is 20.3 Å². The maximum Gasteiger partial charge on any atom is 0.223 e. The van der Waals surface area contributed by atoms with Gasteiger partial charge in [0.15, 0.2) is 5.65 Å². The number of fused-ring (bicyclic) bond motifs is 2. The fraction of sp³-hybridized carbons (Fsp3) is 0.391. The molecule has 2 aliphatic rings. The summed E-state index contributed by atoms with van der Waals surface area (Å²) >= 11 is 6.74. The van der Waals surface area contributed by atoms with Crippen molar-refractivity contribution in [2.75, 3.05) is 5.73 Å². The third-order valence-electron chi connectivity index (χ3n) is 6.73. The first-order valence-electron chi connectivity index (χ1n) is 11.2. The second-order valence-corrected chi connectivity index (χ2v) is 9.28. The molecule has 6 rings (SSSR count). The summed E-state index contributed by atoms with van der Waals surface area (Å²) in [6.07, 6.45) is 7.21. The Bertz CT molecular complexity index is 1330. The topological polar surface area (TPSA) is 115 Å². The highest BCUT2D eigenvalue weighted by molar-refractivity contribution is 6.38. The molecule has 0 radical (unpaired) electrons. The summed E-state index contributed by atoms with van der Waals surface area (Å²) in [6.45, 7) is 0. The van der Waals surface area contributed by atoms with E-state index in [9.17, 15) is 4.79 Å². The van der Waals surface area contributed by atoms with Gasteiger partial charge in [-0.25, -0.2) is 14.6 Å². The van der Waals surface area contributed by atoms with Crippen LogP contribution in [0.3, 0.4) is 0 Å². The molecule has 8 nitrogen and oxygen atoms in total. The van der Waals surface area contributed by atoms with Gasteiger partial charge < -0.3 is 16.0 Å². The van der Waals surface area contributed by atoms with Crippen molar-refractivity contribution in [2.24, 2.45) is 5.92 Å². The average molecular weight is 450 g/mol. The minimum absolute atomic E-state index is 0.179. The van der Waals surface area contributed by atoms with Crippen LogP contribution >= 0.6 is 11.6 Å². The lowest BCUT2D eigenvalue weighted by Crippen LogP contribution is -2.38. The van der Waals surface area contributed by atoms with Gasteiger partial charge in [-0.2, -0.15) is 5.10 Å². The number of rotatable bonds is 4. The van der Waals surface area contributed by atoms with Crippen molar-refractivity contribution in [1.29, 1.82) is 0 Å². The predicted molar refractivity (Wildman–Crippen MR) is 124 cm³/mol. The lowest BCUT2D eigenvalue weighted by Gasteiger charge is -2.29. The van der Waals surface area contributed by atoms with E-state index in [-0.39, 0.29) is 23.9 Å². The summed E-state index contributed by atoms with van der Waals surface area (Å²) in [5.41, 5.74) is 9.34. The second kappa shape index (κ2) is 7.48. The fourth-order valence-corrected chi connectivity index (χ4v) is 5.13. The number of hydrogen-bond acceptors (Lipinski definition) is 5. The van der Waals surface area contributed by atoms with E-state index in [1.54, 1.807) is 0 Å². The summed E-state index contributed by atoms with van der Waals surface area (Å²) < 4.78 is 1.98. The maximum absolute atomic E-state index is 12.1. The Morgan fingerprint density at radius 1 is 1.12 bits per heavy atom. The highest BCUT2D eigenvalue weighted by atomic mass is 35.5. The number of nitrogen functional groups attached to an aromatic ring is 1. The summed E-state index contributed by atoms with van der Waals surface area (Å²) in [5, 5.41) is 10.4. The molecular formula is C23H24ClN7O. The van der Waals surface area contributed by atoms with Crippen molar-refractivity contribution in [3.8, 4) is 11.4 Å². The van der Waals surface area contributed by atoms with Crippen LogP contribution in [0.2, 0.25) is 5.02 Å². The van der Waals surface area contributed by atoms with Gasteiger partial charge >= 0.3 is 0 Å². The molecule has 2 aliphatic carbocycles. The average Bonchev–Trinajstić information content (AvgIpc) is 3.52. The number of para-hydroxylation sites is 1. The number of hydrogen-bond donors (Lipinski definition) is 3. The van der Waals surface area contributed by atoms with Crippen molar-refractivity contribution < 1.29 is 4.79 Å². The van der Waals surface area contributed by atoms with E-state index < -0.39 is 0 Å². The number of nitrogens with zero attached hydrogens (tertiary/aromatic N) is 4. The van der Waals surface area contributed by atoms with Crippen LogP contribution in [0, 0.1) is 5.92 Å². The highest BCUT2D eigenvalue weighted by Crippen LogP contribution is 2.40. The Hall–Kier alpha value is -3.13. The number of halogens is 1. The van der Waals surface area contributed by atoms with Crippen molar-refractivity contribution in [3.05, 3.63) is 35.6 Å². The van der Waals surface area contributed by atoms with Crippen molar-refractivity contribution in [3.63, 3.8) is 0 Å². The number of nitrogens with two attached hydrogens (primary N) is 1. The van der Waals surface area contributed by atoms with Crippen LogP contribution in [0.1, 0.15) is 44.6 Å². The smallest absolute Gasteiger partial charge is 0.223 e. The van der Waals surface area contributed by atoms with Gasteiger partial charge in [0.25, 0.3) is 0 Å². The largest absolute Gasteiger partial charge is 0.383 e. The molecule has 0 aliphatic heterocycles. The molecule has 0 unspecified atom stereocenters. The van der Waals surface area contributed by atoms with Gasteiger partial charge in [-0.15, -0.1) is 0 Å². The SMILES string of the molecule is Nc1ncnc2c1c(-c1[nH]c3ccccc3c1Cl)nn2[C@H]1CC[C@H](NC(=O)C2CC2)CC1. The number of nitrogens with one attached hydrogen (secondary N) is 2. The van der Waals surface area contributed by atoms with Crippen molar-refractivity contribution in [2.45, 2.75) is 50.6 Å². The molecular weight excluding hydrogens is 426 g/mol. The zero-order valence-electron chi connectivity index (χ0n) is 17.5. The van der Waals surface area contributed by atoms with E-state index in [4.69, 9.17) is 22.4 Å². The first kappa shape index (κ1) is 19.5. The predicted octanol–water partition coefficient (Wildman–Crippen LogP) is 4.22. The first-order valence-corrected chi connectivity index (χ1v) is 11.5. The number of anilines is 1.